The minimum Gasteiger partial charge on any atom is -0.462 e. The van der Waals surface area contributed by atoms with Gasteiger partial charge in [0.15, 0.2) is 0 Å². The van der Waals surface area contributed by atoms with Crippen LogP contribution in [0.15, 0.2) is 12.1 Å². The number of carbonyl (C=O) groups is 1. The summed E-state index contributed by atoms with van der Waals surface area (Å²) in [4.78, 5) is 11.6. The minimum absolute atomic E-state index is 0.125. The largest absolute Gasteiger partial charge is 0.462 e. The first-order valence-corrected chi connectivity index (χ1v) is 5.50. The van der Waals surface area contributed by atoms with Gasteiger partial charge in [0.05, 0.1) is 22.8 Å². The van der Waals surface area contributed by atoms with Gasteiger partial charge in [-0.25, -0.2) is 4.79 Å². The molecule has 84 valence electrons. The summed E-state index contributed by atoms with van der Waals surface area (Å²) in [5.41, 5.74) is 1.15. The van der Waals surface area contributed by atoms with Crippen molar-refractivity contribution in [2.24, 2.45) is 0 Å². The molecular weight excluding hydrogens is 249 g/mol. The van der Waals surface area contributed by atoms with Gasteiger partial charge in [-0.2, -0.15) is 5.26 Å². The Balaban J connectivity index is 3.24. The number of ether oxygens (including phenoxy) is 1. The lowest BCUT2D eigenvalue weighted by Gasteiger charge is -2.08. The summed E-state index contributed by atoms with van der Waals surface area (Å²) in [6, 6.07) is 4.84. The Labute approximate surface area is 104 Å². The zero-order valence-electron chi connectivity index (χ0n) is 8.59. The molecule has 0 aromatic heterocycles. The van der Waals surface area contributed by atoms with Gasteiger partial charge in [-0.1, -0.05) is 11.6 Å². The zero-order valence-corrected chi connectivity index (χ0v) is 10.1. The first-order valence-electron chi connectivity index (χ1n) is 4.59. The van der Waals surface area contributed by atoms with E-state index in [1.54, 1.807) is 6.92 Å². The fourth-order valence-electron chi connectivity index (χ4n) is 1.21. The molecule has 1 rings (SSSR count). The molecule has 0 saturated carbocycles. The van der Waals surface area contributed by atoms with Crippen LogP contribution in [0.4, 0.5) is 0 Å². The highest BCUT2D eigenvalue weighted by Gasteiger charge is 2.15. The van der Waals surface area contributed by atoms with Crippen LogP contribution in [0.2, 0.25) is 5.02 Å². The first-order chi connectivity index (χ1) is 7.63. The fraction of sp³-hybridized carbons (Fsp3) is 0.273. The smallest absolute Gasteiger partial charge is 0.338 e. The summed E-state index contributed by atoms with van der Waals surface area (Å²) in [7, 11) is 0. The Kier molecular flexibility index (Phi) is 4.60. The molecule has 0 heterocycles. The van der Waals surface area contributed by atoms with Crippen molar-refractivity contribution in [1.29, 1.82) is 5.26 Å². The first kappa shape index (κ1) is 12.8. The molecule has 0 saturated heterocycles. The number of rotatable bonds is 3. The molecule has 1 aromatic rings. The second-order valence-electron chi connectivity index (χ2n) is 2.96. The SMILES string of the molecule is CCOC(=O)c1cc(Cl)c(C#N)cc1CCl. The maximum absolute atomic E-state index is 11.6. The van der Waals surface area contributed by atoms with Gasteiger partial charge in [0.1, 0.15) is 6.07 Å². The van der Waals surface area contributed by atoms with E-state index < -0.39 is 5.97 Å². The van der Waals surface area contributed by atoms with Crippen molar-refractivity contribution < 1.29 is 9.53 Å². The van der Waals surface area contributed by atoms with Gasteiger partial charge in [0.2, 0.25) is 0 Å². The molecule has 0 aliphatic heterocycles. The number of halogens is 2. The number of hydrogen-bond acceptors (Lipinski definition) is 3. The number of carbonyl (C=O) groups excluding carboxylic acids is 1. The Morgan fingerprint density at radius 1 is 1.56 bits per heavy atom. The fourth-order valence-corrected chi connectivity index (χ4v) is 1.64. The van der Waals surface area contributed by atoms with Crippen LogP contribution in [0.25, 0.3) is 0 Å². The molecule has 0 N–H and O–H groups in total. The Hall–Kier alpha value is -1.24. The second kappa shape index (κ2) is 5.74. The van der Waals surface area contributed by atoms with Gasteiger partial charge in [0.25, 0.3) is 0 Å². The molecule has 5 heteroatoms. The summed E-state index contributed by atoms with van der Waals surface area (Å²) in [6.07, 6.45) is 0. The third-order valence-corrected chi connectivity index (χ3v) is 2.55. The number of nitrogens with zero attached hydrogens (tertiary/aromatic N) is 1. The van der Waals surface area contributed by atoms with Crippen molar-refractivity contribution in [3.8, 4) is 6.07 Å². The molecule has 0 atom stereocenters. The average molecular weight is 258 g/mol. The van der Waals surface area contributed by atoms with Crippen molar-refractivity contribution in [2.75, 3.05) is 6.61 Å². The van der Waals surface area contributed by atoms with Crippen LogP contribution in [0.1, 0.15) is 28.4 Å². The van der Waals surface area contributed by atoms with Gasteiger partial charge in [0, 0.05) is 5.88 Å². The summed E-state index contributed by atoms with van der Waals surface area (Å²) < 4.78 is 4.86. The van der Waals surface area contributed by atoms with E-state index in [1.165, 1.54) is 12.1 Å². The van der Waals surface area contributed by atoms with Crippen molar-refractivity contribution in [1.82, 2.24) is 0 Å². The van der Waals surface area contributed by atoms with E-state index in [2.05, 4.69) is 0 Å². The van der Waals surface area contributed by atoms with E-state index in [9.17, 15) is 4.79 Å². The van der Waals surface area contributed by atoms with Crippen LogP contribution in [-0.4, -0.2) is 12.6 Å². The van der Waals surface area contributed by atoms with E-state index in [4.69, 9.17) is 33.2 Å². The quantitative estimate of drug-likeness (QED) is 0.618. The van der Waals surface area contributed by atoms with E-state index in [1.807, 2.05) is 6.07 Å². The minimum atomic E-state index is -0.482. The summed E-state index contributed by atoms with van der Waals surface area (Å²) in [5.74, 6) is -0.357. The van der Waals surface area contributed by atoms with Gasteiger partial charge in [-0.05, 0) is 24.6 Å². The van der Waals surface area contributed by atoms with Crippen LogP contribution in [0.5, 0.6) is 0 Å². The molecule has 0 fully saturated rings. The van der Waals surface area contributed by atoms with Gasteiger partial charge < -0.3 is 4.74 Å². The van der Waals surface area contributed by atoms with Crippen LogP contribution < -0.4 is 0 Å². The topological polar surface area (TPSA) is 50.1 Å². The van der Waals surface area contributed by atoms with Crippen molar-refractivity contribution in [2.45, 2.75) is 12.8 Å². The summed E-state index contributed by atoms with van der Waals surface area (Å²) in [6.45, 7) is 1.99. The Bertz CT molecular complexity index is 452. The molecule has 16 heavy (non-hydrogen) atoms. The average Bonchev–Trinajstić information content (AvgIpc) is 2.29. The van der Waals surface area contributed by atoms with Crippen molar-refractivity contribution in [3.05, 3.63) is 33.8 Å². The second-order valence-corrected chi connectivity index (χ2v) is 3.63. The number of alkyl halides is 1. The summed E-state index contributed by atoms with van der Waals surface area (Å²) >= 11 is 11.5. The molecule has 0 aliphatic carbocycles. The molecule has 3 nitrogen and oxygen atoms in total. The third kappa shape index (κ3) is 2.66. The lowest BCUT2D eigenvalue weighted by Crippen LogP contribution is -2.08. The Morgan fingerprint density at radius 2 is 2.25 bits per heavy atom. The molecule has 0 unspecified atom stereocenters. The van der Waals surface area contributed by atoms with Gasteiger partial charge in [-0.3, -0.25) is 0 Å². The van der Waals surface area contributed by atoms with Crippen molar-refractivity contribution in [3.63, 3.8) is 0 Å². The predicted molar refractivity (Wildman–Crippen MR) is 61.7 cm³/mol. The van der Waals surface area contributed by atoms with Crippen molar-refractivity contribution >= 4 is 29.2 Å². The zero-order chi connectivity index (χ0) is 12.1. The van der Waals surface area contributed by atoms with E-state index in [-0.39, 0.29) is 17.5 Å². The van der Waals surface area contributed by atoms with Crippen LogP contribution >= 0.6 is 23.2 Å². The number of hydrogen-bond donors (Lipinski definition) is 0. The molecule has 1 aromatic carbocycles. The molecular formula is C11H9Cl2NO2. The highest BCUT2D eigenvalue weighted by Crippen LogP contribution is 2.23. The lowest BCUT2D eigenvalue weighted by molar-refractivity contribution is 0.0525. The van der Waals surface area contributed by atoms with Crippen LogP contribution in [0, 0.1) is 11.3 Å². The monoisotopic (exact) mass is 257 g/mol. The molecule has 0 spiro atoms. The number of benzene rings is 1. The molecule has 0 bridgehead atoms. The maximum Gasteiger partial charge on any atom is 0.338 e. The number of nitriles is 1. The highest BCUT2D eigenvalue weighted by molar-refractivity contribution is 6.32. The van der Waals surface area contributed by atoms with Gasteiger partial charge >= 0.3 is 5.97 Å². The Morgan fingerprint density at radius 3 is 2.75 bits per heavy atom. The maximum atomic E-state index is 11.6. The molecule has 0 aliphatic rings. The summed E-state index contributed by atoms with van der Waals surface area (Å²) in [5, 5.41) is 9.00. The predicted octanol–water partition coefficient (Wildman–Crippen LogP) is 3.13. The van der Waals surface area contributed by atoms with E-state index >= 15 is 0 Å². The number of esters is 1. The third-order valence-electron chi connectivity index (χ3n) is 1.95. The normalized spacial score (nSPS) is 9.62. The standard InChI is InChI=1S/C11H9Cl2NO2/c1-2-16-11(15)9-4-10(13)8(6-14)3-7(9)5-12/h3-4H,2,5H2,1H3. The highest BCUT2D eigenvalue weighted by atomic mass is 35.5. The van der Waals surface area contributed by atoms with Crippen LogP contribution in [-0.2, 0) is 10.6 Å². The molecule has 0 amide bonds. The van der Waals surface area contributed by atoms with Gasteiger partial charge in [-0.15, -0.1) is 11.6 Å². The van der Waals surface area contributed by atoms with E-state index in [0.717, 1.165) is 0 Å². The van der Waals surface area contributed by atoms with E-state index in [0.29, 0.717) is 16.7 Å². The lowest BCUT2D eigenvalue weighted by atomic mass is 10.1. The van der Waals surface area contributed by atoms with Crippen LogP contribution in [0.3, 0.4) is 0 Å². The molecule has 0 radical (unpaired) electrons.